The summed E-state index contributed by atoms with van der Waals surface area (Å²) in [6, 6.07) is 11.1. The van der Waals surface area contributed by atoms with Crippen molar-refractivity contribution in [3.8, 4) is 17.2 Å². The zero-order chi connectivity index (χ0) is 20.6. The topological polar surface area (TPSA) is 94.2 Å². The average molecular weight is 396 g/mol. The Labute approximate surface area is 167 Å². The van der Waals surface area contributed by atoms with Gasteiger partial charge in [0.15, 0.2) is 17.3 Å². The van der Waals surface area contributed by atoms with Crippen LogP contribution in [0, 0.1) is 0 Å². The number of carbonyl (C=O) groups excluding carboxylic acids is 3. The lowest BCUT2D eigenvalue weighted by Crippen LogP contribution is -2.43. The van der Waals surface area contributed by atoms with Crippen LogP contribution >= 0.6 is 0 Å². The van der Waals surface area contributed by atoms with Crippen LogP contribution in [0.2, 0.25) is 0 Å². The second kappa shape index (κ2) is 7.12. The summed E-state index contributed by atoms with van der Waals surface area (Å²) in [6.45, 7) is 1.55. The first-order valence-corrected chi connectivity index (χ1v) is 9.20. The molecule has 2 heterocycles. The van der Waals surface area contributed by atoms with Crippen molar-refractivity contribution in [1.29, 1.82) is 0 Å². The van der Waals surface area contributed by atoms with Gasteiger partial charge in [0.1, 0.15) is 11.3 Å². The van der Waals surface area contributed by atoms with E-state index in [1.807, 2.05) is 6.92 Å². The molecule has 3 amide bonds. The summed E-state index contributed by atoms with van der Waals surface area (Å²) in [6.07, 6.45) is 0.346. The molecule has 1 saturated heterocycles. The molecule has 0 bridgehead atoms. The van der Waals surface area contributed by atoms with Gasteiger partial charge in [0.25, 0.3) is 5.91 Å². The van der Waals surface area contributed by atoms with Crippen molar-refractivity contribution in [3.63, 3.8) is 0 Å². The van der Waals surface area contributed by atoms with Crippen molar-refractivity contribution >= 4 is 17.7 Å². The number of carbonyl (C=O) groups is 3. The molecule has 0 spiro atoms. The van der Waals surface area contributed by atoms with Gasteiger partial charge < -0.3 is 19.5 Å². The van der Waals surface area contributed by atoms with Crippen LogP contribution in [0.5, 0.6) is 17.2 Å². The number of urea groups is 1. The van der Waals surface area contributed by atoms with Crippen molar-refractivity contribution in [3.05, 3.63) is 53.6 Å². The molecule has 1 N–H and O–H groups in total. The fourth-order valence-electron chi connectivity index (χ4n) is 3.59. The Morgan fingerprint density at radius 1 is 1.14 bits per heavy atom. The maximum atomic E-state index is 13.2. The predicted molar refractivity (Wildman–Crippen MR) is 102 cm³/mol. The van der Waals surface area contributed by atoms with Crippen molar-refractivity contribution in [1.82, 2.24) is 10.2 Å². The van der Waals surface area contributed by atoms with Crippen molar-refractivity contribution < 1.29 is 28.6 Å². The molecule has 8 heteroatoms. The van der Waals surface area contributed by atoms with Gasteiger partial charge in [-0.3, -0.25) is 14.5 Å². The first-order chi connectivity index (χ1) is 14.0. The van der Waals surface area contributed by atoms with Crippen LogP contribution in [-0.4, -0.2) is 43.1 Å². The molecule has 1 unspecified atom stereocenters. The van der Waals surface area contributed by atoms with E-state index in [0.29, 0.717) is 34.8 Å². The lowest BCUT2D eigenvalue weighted by molar-refractivity contribution is -0.131. The third kappa shape index (κ3) is 3.06. The standard InChI is InChI=1S/C21H20N2O6/c1-3-21(14-5-7-15(27-2)8-6-14)19(25)23(20(26)22-21)11-16(24)13-4-9-17-18(10-13)29-12-28-17/h4-10H,3,11-12H2,1-2H3,(H,22,26). The van der Waals surface area contributed by atoms with E-state index in [9.17, 15) is 14.4 Å². The maximum absolute atomic E-state index is 13.2. The predicted octanol–water partition coefficient (Wildman–Crippen LogP) is 2.46. The van der Waals surface area contributed by atoms with E-state index in [-0.39, 0.29) is 19.1 Å². The van der Waals surface area contributed by atoms with Crippen LogP contribution in [0.15, 0.2) is 42.5 Å². The van der Waals surface area contributed by atoms with Crippen LogP contribution in [0.1, 0.15) is 29.3 Å². The number of benzene rings is 2. The Kier molecular flexibility index (Phi) is 4.62. The molecular formula is C21H20N2O6. The van der Waals surface area contributed by atoms with Crippen LogP contribution in [0.4, 0.5) is 4.79 Å². The number of hydrogen-bond donors (Lipinski definition) is 1. The van der Waals surface area contributed by atoms with E-state index in [1.54, 1.807) is 49.6 Å². The third-order valence-electron chi connectivity index (χ3n) is 5.29. The number of fused-ring (bicyclic) bond motifs is 1. The minimum Gasteiger partial charge on any atom is -0.497 e. The Hall–Kier alpha value is -3.55. The molecule has 0 radical (unpaired) electrons. The van der Waals surface area contributed by atoms with Crippen molar-refractivity contribution in [2.24, 2.45) is 0 Å². The largest absolute Gasteiger partial charge is 0.497 e. The lowest BCUT2D eigenvalue weighted by atomic mass is 9.87. The highest BCUT2D eigenvalue weighted by atomic mass is 16.7. The number of nitrogens with zero attached hydrogens (tertiary/aromatic N) is 1. The first-order valence-electron chi connectivity index (χ1n) is 9.20. The van der Waals surface area contributed by atoms with Gasteiger partial charge in [-0.25, -0.2) is 4.79 Å². The van der Waals surface area contributed by atoms with Gasteiger partial charge in [-0.2, -0.15) is 0 Å². The molecule has 2 aliphatic heterocycles. The van der Waals surface area contributed by atoms with Gasteiger partial charge in [-0.05, 0) is 42.3 Å². The fraction of sp³-hybridized carbons (Fsp3) is 0.286. The minimum absolute atomic E-state index is 0.0981. The smallest absolute Gasteiger partial charge is 0.325 e. The maximum Gasteiger partial charge on any atom is 0.325 e. The molecule has 0 aromatic heterocycles. The summed E-state index contributed by atoms with van der Waals surface area (Å²) < 4.78 is 15.7. The number of rotatable bonds is 6. The normalized spacial score (nSPS) is 20.0. The monoisotopic (exact) mass is 396 g/mol. The SMILES string of the molecule is CCC1(c2ccc(OC)cc2)NC(=O)N(CC(=O)c2ccc3c(c2)OCO3)C1=O. The number of ketones is 1. The molecule has 150 valence electrons. The van der Waals surface area contributed by atoms with E-state index in [1.165, 1.54) is 0 Å². The van der Waals surface area contributed by atoms with E-state index >= 15 is 0 Å². The zero-order valence-corrected chi connectivity index (χ0v) is 16.1. The Bertz CT molecular complexity index is 987. The van der Waals surface area contributed by atoms with E-state index in [4.69, 9.17) is 14.2 Å². The van der Waals surface area contributed by atoms with Gasteiger partial charge in [-0.15, -0.1) is 0 Å². The number of amides is 3. The van der Waals surface area contributed by atoms with Crippen molar-refractivity contribution in [2.45, 2.75) is 18.9 Å². The Morgan fingerprint density at radius 2 is 1.86 bits per heavy atom. The molecule has 0 saturated carbocycles. The highest BCUT2D eigenvalue weighted by Crippen LogP contribution is 2.35. The summed E-state index contributed by atoms with van der Waals surface area (Å²) in [4.78, 5) is 39.5. The van der Waals surface area contributed by atoms with E-state index in [0.717, 1.165) is 4.90 Å². The van der Waals surface area contributed by atoms with E-state index < -0.39 is 17.5 Å². The van der Waals surface area contributed by atoms with Gasteiger partial charge in [0.05, 0.1) is 13.7 Å². The van der Waals surface area contributed by atoms with Gasteiger partial charge >= 0.3 is 6.03 Å². The van der Waals surface area contributed by atoms with Gasteiger partial charge in [0.2, 0.25) is 6.79 Å². The zero-order valence-electron chi connectivity index (χ0n) is 16.1. The summed E-state index contributed by atoms with van der Waals surface area (Å²) in [5, 5.41) is 2.77. The number of imide groups is 1. The van der Waals surface area contributed by atoms with Gasteiger partial charge in [0, 0.05) is 5.56 Å². The molecule has 1 fully saturated rings. The fourth-order valence-corrected chi connectivity index (χ4v) is 3.59. The molecule has 29 heavy (non-hydrogen) atoms. The molecule has 4 rings (SSSR count). The van der Waals surface area contributed by atoms with Crippen LogP contribution < -0.4 is 19.5 Å². The summed E-state index contributed by atoms with van der Waals surface area (Å²) in [5.74, 6) is 0.847. The number of hydrogen-bond acceptors (Lipinski definition) is 6. The molecular weight excluding hydrogens is 376 g/mol. The second-order valence-corrected chi connectivity index (χ2v) is 6.80. The molecule has 2 aromatic rings. The summed E-state index contributed by atoms with van der Waals surface area (Å²) in [5.41, 5.74) is -0.233. The first kappa shape index (κ1) is 18.8. The Morgan fingerprint density at radius 3 is 2.55 bits per heavy atom. The number of Topliss-reactive ketones (excluding diaryl/α,β-unsaturated/α-hetero) is 1. The molecule has 2 aromatic carbocycles. The molecule has 8 nitrogen and oxygen atoms in total. The quantitative estimate of drug-likeness (QED) is 0.596. The second-order valence-electron chi connectivity index (χ2n) is 6.80. The minimum atomic E-state index is -1.21. The Balaban J connectivity index is 1.57. The number of methoxy groups -OCH3 is 1. The van der Waals surface area contributed by atoms with Crippen LogP contribution in [-0.2, 0) is 10.3 Å². The van der Waals surface area contributed by atoms with Gasteiger partial charge in [-0.1, -0.05) is 19.1 Å². The third-order valence-corrected chi connectivity index (χ3v) is 5.29. The van der Waals surface area contributed by atoms with Crippen LogP contribution in [0.3, 0.4) is 0 Å². The summed E-state index contributed by atoms with van der Waals surface area (Å²) >= 11 is 0. The highest BCUT2D eigenvalue weighted by Gasteiger charge is 2.51. The number of nitrogens with one attached hydrogen (secondary N) is 1. The lowest BCUT2D eigenvalue weighted by Gasteiger charge is -2.26. The molecule has 0 aliphatic carbocycles. The van der Waals surface area contributed by atoms with Crippen molar-refractivity contribution in [2.75, 3.05) is 20.4 Å². The number of ether oxygens (including phenoxy) is 3. The molecule has 1 atom stereocenters. The highest BCUT2D eigenvalue weighted by molar-refractivity contribution is 6.11. The average Bonchev–Trinajstić information content (AvgIpc) is 3.31. The van der Waals surface area contributed by atoms with E-state index in [2.05, 4.69) is 5.32 Å². The summed E-state index contributed by atoms with van der Waals surface area (Å²) in [7, 11) is 1.55. The molecule has 2 aliphatic rings. The van der Waals surface area contributed by atoms with Crippen LogP contribution in [0.25, 0.3) is 0 Å².